The van der Waals surface area contributed by atoms with Crippen molar-refractivity contribution in [2.45, 2.75) is 26.3 Å². The molecule has 0 saturated carbocycles. The molecule has 1 aliphatic rings. The van der Waals surface area contributed by atoms with Crippen LogP contribution < -0.4 is 0 Å². The zero-order valence-electron chi connectivity index (χ0n) is 15.6. The van der Waals surface area contributed by atoms with Gasteiger partial charge in [0.1, 0.15) is 5.82 Å². The summed E-state index contributed by atoms with van der Waals surface area (Å²) in [7, 11) is 0. The van der Waals surface area contributed by atoms with E-state index in [1.54, 1.807) is 12.4 Å². The van der Waals surface area contributed by atoms with Gasteiger partial charge in [0.15, 0.2) is 0 Å². The van der Waals surface area contributed by atoms with Gasteiger partial charge < -0.3 is 9.47 Å². The lowest BCUT2D eigenvalue weighted by Gasteiger charge is -2.18. The molecule has 1 unspecified atom stereocenters. The van der Waals surface area contributed by atoms with E-state index in [1.807, 2.05) is 41.4 Å². The van der Waals surface area contributed by atoms with Gasteiger partial charge >= 0.3 is 0 Å². The summed E-state index contributed by atoms with van der Waals surface area (Å²) in [4.78, 5) is 23.2. The lowest BCUT2D eigenvalue weighted by molar-refractivity contribution is -0.129. The van der Waals surface area contributed by atoms with Crippen LogP contribution in [0, 0.1) is 12.8 Å². The van der Waals surface area contributed by atoms with Gasteiger partial charge in [-0.2, -0.15) is 0 Å². The summed E-state index contributed by atoms with van der Waals surface area (Å²) >= 11 is 0. The molecule has 0 bridgehead atoms. The minimum Gasteiger partial charge on any atom is -0.342 e. The lowest BCUT2D eigenvalue weighted by Crippen LogP contribution is -2.30. The number of nitrogens with zero attached hydrogens (tertiary/aromatic N) is 4. The van der Waals surface area contributed by atoms with E-state index >= 15 is 0 Å². The average molecular weight is 360 g/mol. The maximum absolute atomic E-state index is 12.6. The molecule has 138 valence electrons. The van der Waals surface area contributed by atoms with E-state index in [4.69, 9.17) is 0 Å². The van der Waals surface area contributed by atoms with Crippen LogP contribution in [-0.2, 0) is 17.8 Å². The fourth-order valence-electron chi connectivity index (χ4n) is 3.76. The first-order valence-electron chi connectivity index (χ1n) is 9.45. The Morgan fingerprint density at radius 3 is 2.70 bits per heavy atom. The van der Waals surface area contributed by atoms with Crippen LogP contribution in [-0.4, -0.2) is 38.4 Å². The van der Waals surface area contributed by atoms with E-state index in [9.17, 15) is 4.79 Å². The molecular weight excluding hydrogens is 336 g/mol. The van der Waals surface area contributed by atoms with Crippen LogP contribution in [0.2, 0.25) is 0 Å². The van der Waals surface area contributed by atoms with Gasteiger partial charge in [-0.3, -0.25) is 9.78 Å². The molecule has 1 aliphatic heterocycles. The monoisotopic (exact) mass is 360 g/mol. The summed E-state index contributed by atoms with van der Waals surface area (Å²) in [5.41, 5.74) is 3.32. The van der Waals surface area contributed by atoms with Crippen LogP contribution >= 0.6 is 0 Å². The van der Waals surface area contributed by atoms with Gasteiger partial charge in [-0.1, -0.05) is 30.3 Å². The first-order valence-corrected chi connectivity index (χ1v) is 9.45. The molecule has 1 fully saturated rings. The molecule has 27 heavy (non-hydrogen) atoms. The SMILES string of the molecule is Cc1cnc(-c2ccccc2)n1CC1CCN(C(=O)Cc2ccncc2)C1. The Bertz CT molecular complexity index is 905. The van der Waals surface area contributed by atoms with Crippen molar-refractivity contribution in [3.8, 4) is 11.4 Å². The summed E-state index contributed by atoms with van der Waals surface area (Å²) < 4.78 is 2.29. The topological polar surface area (TPSA) is 51.0 Å². The molecule has 3 aromatic rings. The fourth-order valence-corrected chi connectivity index (χ4v) is 3.76. The summed E-state index contributed by atoms with van der Waals surface area (Å²) in [6, 6.07) is 14.1. The van der Waals surface area contributed by atoms with Gasteiger partial charge in [-0.15, -0.1) is 0 Å². The van der Waals surface area contributed by atoms with Crippen molar-refractivity contribution in [1.82, 2.24) is 19.4 Å². The van der Waals surface area contributed by atoms with E-state index in [1.165, 1.54) is 0 Å². The highest BCUT2D eigenvalue weighted by molar-refractivity contribution is 5.79. The first kappa shape index (κ1) is 17.5. The van der Waals surface area contributed by atoms with Gasteiger partial charge in [0, 0.05) is 49.5 Å². The van der Waals surface area contributed by atoms with Gasteiger partial charge in [0.05, 0.1) is 6.42 Å². The van der Waals surface area contributed by atoms with Crippen LogP contribution in [0.3, 0.4) is 0 Å². The zero-order chi connectivity index (χ0) is 18.6. The van der Waals surface area contributed by atoms with E-state index < -0.39 is 0 Å². The average Bonchev–Trinajstić information content (AvgIpc) is 3.31. The second-order valence-electron chi connectivity index (χ2n) is 7.23. The molecular formula is C22H24N4O. The van der Waals surface area contributed by atoms with Crippen molar-refractivity contribution in [2.75, 3.05) is 13.1 Å². The van der Waals surface area contributed by atoms with Crippen LogP contribution in [0.1, 0.15) is 17.7 Å². The van der Waals surface area contributed by atoms with Gasteiger partial charge in [0.2, 0.25) is 5.91 Å². The molecule has 1 amide bonds. The maximum Gasteiger partial charge on any atom is 0.227 e. The van der Waals surface area contributed by atoms with Crippen molar-refractivity contribution in [2.24, 2.45) is 5.92 Å². The second-order valence-corrected chi connectivity index (χ2v) is 7.23. The highest BCUT2D eigenvalue weighted by Crippen LogP contribution is 2.25. The summed E-state index contributed by atoms with van der Waals surface area (Å²) in [5.74, 6) is 1.67. The number of imidazole rings is 1. The normalized spacial score (nSPS) is 16.6. The minimum absolute atomic E-state index is 0.203. The Morgan fingerprint density at radius 2 is 1.93 bits per heavy atom. The number of pyridine rings is 1. The summed E-state index contributed by atoms with van der Waals surface area (Å²) in [6.07, 6.45) is 6.90. The fraction of sp³-hybridized carbons (Fsp3) is 0.318. The third kappa shape index (κ3) is 3.92. The molecule has 5 nitrogen and oxygen atoms in total. The number of aryl methyl sites for hydroxylation is 1. The summed E-state index contributed by atoms with van der Waals surface area (Å²) in [5, 5.41) is 0. The number of aromatic nitrogens is 3. The quantitative estimate of drug-likeness (QED) is 0.701. The standard InChI is InChI=1S/C22H24N4O/c1-17-14-24-22(20-5-3-2-4-6-20)26(17)16-19-9-12-25(15-19)21(27)13-18-7-10-23-11-8-18/h2-8,10-11,14,19H,9,12-13,15-16H2,1H3. The van der Waals surface area contributed by atoms with Crippen molar-refractivity contribution >= 4 is 5.91 Å². The van der Waals surface area contributed by atoms with Crippen LogP contribution in [0.15, 0.2) is 61.1 Å². The maximum atomic E-state index is 12.6. The Kier molecular flexibility index (Phi) is 5.01. The first-order chi connectivity index (χ1) is 13.2. The van der Waals surface area contributed by atoms with Crippen molar-refractivity contribution in [3.05, 3.63) is 72.3 Å². The Morgan fingerprint density at radius 1 is 1.15 bits per heavy atom. The predicted octanol–water partition coefficient (Wildman–Crippen LogP) is 3.34. The summed E-state index contributed by atoms with van der Waals surface area (Å²) in [6.45, 7) is 4.65. The molecule has 2 aromatic heterocycles. The highest BCUT2D eigenvalue weighted by Gasteiger charge is 2.27. The van der Waals surface area contributed by atoms with Crippen LogP contribution in [0.5, 0.6) is 0 Å². The van der Waals surface area contributed by atoms with E-state index in [2.05, 4.69) is 33.6 Å². The molecule has 0 N–H and O–H groups in total. The van der Waals surface area contributed by atoms with E-state index in [-0.39, 0.29) is 5.91 Å². The predicted molar refractivity (Wildman–Crippen MR) is 105 cm³/mol. The number of carbonyl (C=O) groups excluding carboxylic acids is 1. The number of amides is 1. The number of hydrogen-bond donors (Lipinski definition) is 0. The molecule has 1 aromatic carbocycles. The molecule has 5 heteroatoms. The van der Waals surface area contributed by atoms with Gasteiger partial charge in [-0.25, -0.2) is 4.98 Å². The molecule has 0 radical (unpaired) electrons. The van der Waals surface area contributed by atoms with Crippen molar-refractivity contribution in [1.29, 1.82) is 0 Å². The van der Waals surface area contributed by atoms with Crippen molar-refractivity contribution < 1.29 is 4.79 Å². The molecule has 1 atom stereocenters. The minimum atomic E-state index is 0.203. The van der Waals surface area contributed by atoms with Gasteiger partial charge in [0.25, 0.3) is 0 Å². The molecule has 3 heterocycles. The van der Waals surface area contributed by atoms with Crippen molar-refractivity contribution in [3.63, 3.8) is 0 Å². The third-order valence-corrected chi connectivity index (χ3v) is 5.27. The Hall–Kier alpha value is -2.95. The number of benzene rings is 1. The molecule has 4 rings (SSSR count). The molecule has 1 saturated heterocycles. The largest absolute Gasteiger partial charge is 0.342 e. The van der Waals surface area contributed by atoms with E-state index in [0.717, 1.165) is 48.7 Å². The molecule has 0 spiro atoms. The van der Waals surface area contributed by atoms with E-state index in [0.29, 0.717) is 12.3 Å². The Labute approximate surface area is 159 Å². The molecule has 0 aliphatic carbocycles. The number of carbonyl (C=O) groups is 1. The number of likely N-dealkylation sites (tertiary alicyclic amines) is 1. The second kappa shape index (κ2) is 7.74. The zero-order valence-corrected chi connectivity index (χ0v) is 15.6. The van der Waals surface area contributed by atoms with Crippen LogP contribution in [0.4, 0.5) is 0 Å². The highest BCUT2D eigenvalue weighted by atomic mass is 16.2. The lowest BCUT2D eigenvalue weighted by atomic mass is 10.1. The number of rotatable bonds is 5. The Balaban J connectivity index is 1.42. The third-order valence-electron chi connectivity index (χ3n) is 5.27. The number of hydrogen-bond acceptors (Lipinski definition) is 3. The smallest absolute Gasteiger partial charge is 0.227 e. The van der Waals surface area contributed by atoms with Crippen LogP contribution in [0.25, 0.3) is 11.4 Å². The van der Waals surface area contributed by atoms with Gasteiger partial charge in [-0.05, 0) is 37.0 Å².